The largest absolute Gasteiger partial charge is 0.390 e. The second kappa shape index (κ2) is 8.81. The number of carbonyl (C=O) groups excluding carboxylic acids is 1. The highest BCUT2D eigenvalue weighted by atomic mass is 19.1. The lowest BCUT2D eigenvalue weighted by Gasteiger charge is -2.30. The number of aliphatic hydroxyl groups is 1. The number of nitrogens with one attached hydrogen (secondary N) is 2. The standard InChI is InChI=1S/C20H24FN5O3/c21-17-18(23-12-24-19(17)25-15-10-29-11-15)20(28)22-7-16(27)9-26-6-5-13-3-1-2-4-14(13)8-26/h1-4,12,15-16,27H,5-11H2,(H,22,28)(H,23,24,25)/t16-/m0/s1. The SMILES string of the molecule is O=C(NC[C@H](O)CN1CCc2ccccc2C1)c1ncnc(NC2COC2)c1F. The lowest BCUT2D eigenvalue weighted by molar-refractivity contribution is 0.0208. The van der Waals surface area contributed by atoms with Gasteiger partial charge in [-0.1, -0.05) is 24.3 Å². The Morgan fingerprint density at radius 1 is 1.31 bits per heavy atom. The molecule has 29 heavy (non-hydrogen) atoms. The number of rotatable bonds is 7. The topological polar surface area (TPSA) is 99.6 Å². The van der Waals surface area contributed by atoms with Crippen LogP contribution in [0.4, 0.5) is 10.2 Å². The van der Waals surface area contributed by atoms with Crippen LogP contribution in [0.3, 0.4) is 0 Å². The average molecular weight is 401 g/mol. The van der Waals surface area contributed by atoms with Crippen LogP contribution in [0.1, 0.15) is 21.6 Å². The first-order chi connectivity index (χ1) is 14.1. The molecule has 1 saturated heterocycles. The second-order valence-electron chi connectivity index (χ2n) is 7.38. The monoisotopic (exact) mass is 401 g/mol. The summed E-state index contributed by atoms with van der Waals surface area (Å²) in [5, 5.41) is 15.8. The number of halogens is 1. The molecule has 0 unspecified atom stereocenters. The number of benzene rings is 1. The summed E-state index contributed by atoms with van der Waals surface area (Å²) in [6, 6.07) is 8.24. The summed E-state index contributed by atoms with van der Waals surface area (Å²) in [5.74, 6) is -1.51. The van der Waals surface area contributed by atoms with Crippen molar-refractivity contribution < 1.29 is 19.0 Å². The summed E-state index contributed by atoms with van der Waals surface area (Å²) in [4.78, 5) is 22.1. The number of nitrogens with zero attached hydrogens (tertiary/aromatic N) is 3. The van der Waals surface area contributed by atoms with Gasteiger partial charge in [-0.05, 0) is 17.5 Å². The molecule has 2 aliphatic rings. The van der Waals surface area contributed by atoms with Crippen LogP contribution < -0.4 is 10.6 Å². The molecule has 0 saturated carbocycles. The number of fused-ring (bicyclic) bond motifs is 1. The third-order valence-electron chi connectivity index (χ3n) is 5.16. The lowest BCUT2D eigenvalue weighted by Crippen LogP contribution is -2.42. The second-order valence-corrected chi connectivity index (χ2v) is 7.38. The molecule has 2 aromatic rings. The Bertz CT molecular complexity index is 877. The van der Waals surface area contributed by atoms with Crippen LogP contribution in [0.15, 0.2) is 30.6 Å². The summed E-state index contributed by atoms with van der Waals surface area (Å²) in [6.07, 6.45) is 1.31. The number of carbonyl (C=O) groups is 1. The van der Waals surface area contributed by atoms with Gasteiger partial charge in [-0.2, -0.15) is 0 Å². The van der Waals surface area contributed by atoms with E-state index in [1.54, 1.807) is 0 Å². The van der Waals surface area contributed by atoms with Crippen molar-refractivity contribution >= 4 is 11.7 Å². The summed E-state index contributed by atoms with van der Waals surface area (Å²) in [7, 11) is 0. The van der Waals surface area contributed by atoms with Crippen LogP contribution >= 0.6 is 0 Å². The Labute approximate surface area is 168 Å². The van der Waals surface area contributed by atoms with Crippen molar-refractivity contribution in [3.05, 3.63) is 53.2 Å². The van der Waals surface area contributed by atoms with E-state index in [1.807, 2.05) is 12.1 Å². The number of β-amino-alcohol motifs (C(OH)–C–C–N with tert-alkyl or cyclic N) is 1. The number of ether oxygens (including phenoxy) is 1. The van der Waals surface area contributed by atoms with Crippen molar-refractivity contribution in [2.75, 3.05) is 38.2 Å². The van der Waals surface area contributed by atoms with Crippen LogP contribution in [0.25, 0.3) is 0 Å². The smallest absolute Gasteiger partial charge is 0.273 e. The molecule has 1 fully saturated rings. The Balaban J connectivity index is 1.29. The molecule has 3 heterocycles. The predicted molar refractivity (Wildman–Crippen MR) is 104 cm³/mol. The fraction of sp³-hybridized carbons (Fsp3) is 0.450. The highest BCUT2D eigenvalue weighted by Gasteiger charge is 2.24. The number of anilines is 1. The van der Waals surface area contributed by atoms with Crippen LogP contribution in [0.2, 0.25) is 0 Å². The minimum absolute atomic E-state index is 0.0135. The van der Waals surface area contributed by atoms with Crippen molar-refractivity contribution in [1.82, 2.24) is 20.2 Å². The summed E-state index contributed by atoms with van der Waals surface area (Å²) >= 11 is 0. The van der Waals surface area contributed by atoms with Gasteiger partial charge in [-0.3, -0.25) is 9.69 Å². The van der Waals surface area contributed by atoms with Gasteiger partial charge in [0.05, 0.1) is 25.4 Å². The molecule has 1 amide bonds. The van der Waals surface area contributed by atoms with Gasteiger partial charge in [0, 0.05) is 26.2 Å². The predicted octanol–water partition coefficient (Wildman–Crippen LogP) is 0.575. The van der Waals surface area contributed by atoms with Gasteiger partial charge in [0.15, 0.2) is 17.3 Å². The molecule has 1 aromatic carbocycles. The molecule has 8 nitrogen and oxygen atoms in total. The van der Waals surface area contributed by atoms with Gasteiger partial charge in [-0.15, -0.1) is 0 Å². The molecular formula is C20H24FN5O3. The van der Waals surface area contributed by atoms with Crippen molar-refractivity contribution in [2.45, 2.75) is 25.1 Å². The van der Waals surface area contributed by atoms with Gasteiger partial charge in [0.2, 0.25) is 0 Å². The molecule has 0 aliphatic carbocycles. The van der Waals surface area contributed by atoms with E-state index in [0.717, 1.165) is 25.8 Å². The zero-order chi connectivity index (χ0) is 20.2. The van der Waals surface area contributed by atoms with Crippen molar-refractivity contribution in [2.24, 2.45) is 0 Å². The minimum Gasteiger partial charge on any atom is -0.390 e. The van der Waals surface area contributed by atoms with E-state index in [0.29, 0.717) is 19.8 Å². The summed E-state index contributed by atoms with van der Waals surface area (Å²) in [6.45, 7) is 3.00. The van der Waals surface area contributed by atoms with Crippen LogP contribution in [0, 0.1) is 5.82 Å². The zero-order valence-corrected chi connectivity index (χ0v) is 16.0. The highest BCUT2D eigenvalue weighted by Crippen LogP contribution is 2.19. The maximum Gasteiger partial charge on any atom is 0.273 e. The highest BCUT2D eigenvalue weighted by molar-refractivity contribution is 5.93. The minimum atomic E-state index is -0.806. The Kier molecular flexibility index (Phi) is 5.98. The molecule has 1 aromatic heterocycles. The molecule has 9 heteroatoms. The Morgan fingerprint density at radius 2 is 2.10 bits per heavy atom. The molecule has 2 aliphatic heterocycles. The molecule has 1 atom stereocenters. The average Bonchev–Trinajstić information content (AvgIpc) is 2.70. The van der Waals surface area contributed by atoms with Gasteiger partial charge >= 0.3 is 0 Å². The first-order valence-electron chi connectivity index (χ1n) is 9.70. The van der Waals surface area contributed by atoms with E-state index >= 15 is 0 Å². The van der Waals surface area contributed by atoms with Crippen LogP contribution in [-0.4, -0.2) is 70.9 Å². The van der Waals surface area contributed by atoms with Gasteiger partial charge < -0.3 is 20.5 Å². The van der Waals surface area contributed by atoms with Crippen molar-refractivity contribution in [1.29, 1.82) is 0 Å². The number of aliphatic hydroxyl groups excluding tert-OH is 1. The van der Waals surface area contributed by atoms with E-state index in [9.17, 15) is 14.3 Å². The zero-order valence-electron chi connectivity index (χ0n) is 16.0. The van der Waals surface area contributed by atoms with E-state index < -0.39 is 17.8 Å². The molecule has 154 valence electrons. The summed E-state index contributed by atoms with van der Waals surface area (Å²) in [5.41, 5.74) is 2.25. The first-order valence-corrected chi connectivity index (χ1v) is 9.70. The van der Waals surface area contributed by atoms with E-state index in [4.69, 9.17) is 4.74 Å². The number of aromatic nitrogens is 2. The Morgan fingerprint density at radius 3 is 2.86 bits per heavy atom. The summed E-state index contributed by atoms with van der Waals surface area (Å²) < 4.78 is 19.6. The van der Waals surface area contributed by atoms with E-state index in [2.05, 4.69) is 37.6 Å². The molecule has 0 spiro atoms. The Hall–Kier alpha value is -2.62. The third-order valence-corrected chi connectivity index (χ3v) is 5.16. The fourth-order valence-corrected chi connectivity index (χ4v) is 3.51. The van der Waals surface area contributed by atoms with Crippen molar-refractivity contribution in [3.8, 4) is 0 Å². The molecular weight excluding hydrogens is 377 g/mol. The fourth-order valence-electron chi connectivity index (χ4n) is 3.51. The molecule has 0 radical (unpaired) electrons. The quantitative estimate of drug-likeness (QED) is 0.624. The third kappa shape index (κ3) is 4.69. The van der Waals surface area contributed by atoms with E-state index in [-0.39, 0.29) is 24.1 Å². The number of amides is 1. The van der Waals surface area contributed by atoms with Gasteiger partial charge in [-0.25, -0.2) is 14.4 Å². The van der Waals surface area contributed by atoms with Crippen molar-refractivity contribution in [3.63, 3.8) is 0 Å². The molecule has 3 N–H and O–H groups in total. The maximum atomic E-state index is 14.5. The molecule has 4 rings (SSSR count). The van der Waals surface area contributed by atoms with Crippen LogP contribution in [0.5, 0.6) is 0 Å². The normalized spacial score (nSPS) is 17.9. The molecule has 0 bridgehead atoms. The first kappa shape index (κ1) is 19.7. The van der Waals surface area contributed by atoms with Gasteiger partial charge in [0.25, 0.3) is 5.91 Å². The lowest BCUT2D eigenvalue weighted by atomic mass is 10.00. The number of hydrogen-bond acceptors (Lipinski definition) is 7. The van der Waals surface area contributed by atoms with Crippen LogP contribution in [-0.2, 0) is 17.7 Å². The number of hydrogen-bond donors (Lipinski definition) is 3. The maximum absolute atomic E-state index is 14.5. The van der Waals surface area contributed by atoms with Gasteiger partial charge in [0.1, 0.15) is 6.33 Å². The van der Waals surface area contributed by atoms with E-state index in [1.165, 1.54) is 11.1 Å².